The topological polar surface area (TPSA) is 30.2 Å². The summed E-state index contributed by atoms with van der Waals surface area (Å²) in [6.45, 7) is 6.41. The molecule has 2 aromatic carbocycles. The molecular weight excluding hydrogens is 270 g/mol. The minimum atomic E-state index is 0.904. The summed E-state index contributed by atoms with van der Waals surface area (Å²) in [6, 6.07) is 14.8. The highest BCUT2D eigenvalue weighted by atomic mass is 15.2. The van der Waals surface area contributed by atoms with E-state index < -0.39 is 0 Å². The average molecular weight is 287 g/mol. The van der Waals surface area contributed by atoms with Crippen LogP contribution in [-0.4, -0.2) is 14.6 Å². The number of fused-ring (bicyclic) bond motifs is 3. The summed E-state index contributed by atoms with van der Waals surface area (Å²) in [7, 11) is 0. The molecule has 0 aliphatic rings. The third kappa shape index (κ3) is 1.82. The molecule has 0 amide bonds. The molecule has 2 heterocycles. The molecule has 3 nitrogen and oxygen atoms in total. The second-order valence-corrected chi connectivity index (χ2v) is 5.87. The molecule has 0 saturated carbocycles. The Morgan fingerprint density at radius 2 is 1.59 bits per heavy atom. The van der Waals surface area contributed by atoms with Gasteiger partial charge in [0.1, 0.15) is 0 Å². The van der Waals surface area contributed by atoms with E-state index >= 15 is 0 Å². The molecule has 0 aliphatic heterocycles. The lowest BCUT2D eigenvalue weighted by Gasteiger charge is -2.09. The van der Waals surface area contributed by atoms with Gasteiger partial charge in [-0.2, -0.15) is 0 Å². The van der Waals surface area contributed by atoms with Gasteiger partial charge in [-0.3, -0.25) is 4.40 Å². The van der Waals surface area contributed by atoms with Crippen LogP contribution < -0.4 is 0 Å². The van der Waals surface area contributed by atoms with Crippen molar-refractivity contribution in [3.8, 4) is 11.4 Å². The lowest BCUT2D eigenvalue weighted by molar-refractivity contribution is 1.10. The van der Waals surface area contributed by atoms with Crippen LogP contribution in [-0.2, 0) is 0 Å². The third-order valence-corrected chi connectivity index (χ3v) is 4.38. The molecule has 2 aromatic heterocycles. The number of aryl methyl sites for hydroxylation is 3. The van der Waals surface area contributed by atoms with E-state index in [0.29, 0.717) is 0 Å². The Morgan fingerprint density at radius 1 is 0.818 bits per heavy atom. The van der Waals surface area contributed by atoms with Crippen LogP contribution in [0.5, 0.6) is 0 Å². The fourth-order valence-electron chi connectivity index (χ4n) is 3.00. The number of pyridine rings is 1. The molecule has 108 valence electrons. The number of rotatable bonds is 1. The van der Waals surface area contributed by atoms with Crippen molar-refractivity contribution in [2.24, 2.45) is 0 Å². The second kappa shape index (κ2) is 4.67. The molecule has 4 aromatic rings. The standard InChI is InChI=1S/C19H17N3/c1-12-10-14(3)17(11-13(12)2)19-21-20-18-16-7-5-4-6-15(16)8-9-22(18)19/h4-11H,1-3H3. The summed E-state index contributed by atoms with van der Waals surface area (Å²) in [5.74, 6) is 0.904. The molecule has 0 spiro atoms. The van der Waals surface area contributed by atoms with Crippen molar-refractivity contribution in [2.45, 2.75) is 20.8 Å². The zero-order valence-electron chi connectivity index (χ0n) is 13.0. The van der Waals surface area contributed by atoms with E-state index in [2.05, 4.69) is 71.9 Å². The molecule has 0 N–H and O–H groups in total. The van der Waals surface area contributed by atoms with Gasteiger partial charge in [-0.25, -0.2) is 0 Å². The Labute approximate surface area is 129 Å². The van der Waals surface area contributed by atoms with Gasteiger partial charge in [-0.1, -0.05) is 30.3 Å². The van der Waals surface area contributed by atoms with E-state index in [1.165, 1.54) is 22.1 Å². The Hall–Kier alpha value is -2.68. The van der Waals surface area contributed by atoms with Gasteiger partial charge in [0.15, 0.2) is 11.5 Å². The van der Waals surface area contributed by atoms with Crippen molar-refractivity contribution >= 4 is 16.4 Å². The van der Waals surface area contributed by atoms with Gasteiger partial charge in [-0.05, 0) is 55.0 Å². The molecule has 0 aliphatic carbocycles. The highest BCUT2D eigenvalue weighted by molar-refractivity contribution is 5.94. The Morgan fingerprint density at radius 3 is 2.45 bits per heavy atom. The van der Waals surface area contributed by atoms with Gasteiger partial charge in [-0.15, -0.1) is 10.2 Å². The molecule has 0 radical (unpaired) electrons. The predicted octanol–water partition coefficient (Wildman–Crippen LogP) is 4.47. The number of hydrogen-bond acceptors (Lipinski definition) is 2. The summed E-state index contributed by atoms with van der Waals surface area (Å²) in [5, 5.41) is 11.2. The van der Waals surface area contributed by atoms with Gasteiger partial charge >= 0.3 is 0 Å². The van der Waals surface area contributed by atoms with E-state index in [9.17, 15) is 0 Å². The van der Waals surface area contributed by atoms with E-state index in [-0.39, 0.29) is 0 Å². The predicted molar refractivity (Wildman–Crippen MR) is 90.1 cm³/mol. The second-order valence-electron chi connectivity index (χ2n) is 5.87. The lowest BCUT2D eigenvalue weighted by atomic mass is 10.0. The molecule has 0 bridgehead atoms. The van der Waals surface area contributed by atoms with Crippen molar-refractivity contribution in [3.05, 3.63) is 65.4 Å². The Balaban J connectivity index is 2.05. The van der Waals surface area contributed by atoms with E-state index in [4.69, 9.17) is 0 Å². The van der Waals surface area contributed by atoms with Gasteiger partial charge in [0, 0.05) is 17.1 Å². The van der Waals surface area contributed by atoms with Crippen LogP contribution in [0.1, 0.15) is 16.7 Å². The molecule has 4 rings (SSSR count). The van der Waals surface area contributed by atoms with Gasteiger partial charge in [0.25, 0.3) is 0 Å². The number of benzene rings is 2. The quantitative estimate of drug-likeness (QED) is 0.517. The molecular formula is C19H17N3. The Kier molecular flexibility index (Phi) is 2.76. The highest BCUT2D eigenvalue weighted by Crippen LogP contribution is 2.27. The molecule has 0 saturated heterocycles. The third-order valence-electron chi connectivity index (χ3n) is 4.38. The average Bonchev–Trinajstić information content (AvgIpc) is 2.95. The first kappa shape index (κ1) is 13.0. The maximum Gasteiger partial charge on any atom is 0.168 e. The molecule has 22 heavy (non-hydrogen) atoms. The first-order valence-electron chi connectivity index (χ1n) is 7.46. The van der Waals surface area contributed by atoms with Gasteiger partial charge < -0.3 is 0 Å². The first-order valence-corrected chi connectivity index (χ1v) is 7.46. The summed E-state index contributed by atoms with van der Waals surface area (Å²) < 4.78 is 2.08. The van der Waals surface area contributed by atoms with Crippen LogP contribution in [0, 0.1) is 20.8 Å². The largest absolute Gasteiger partial charge is 0.282 e. The lowest BCUT2D eigenvalue weighted by Crippen LogP contribution is -1.94. The maximum absolute atomic E-state index is 4.46. The SMILES string of the molecule is Cc1cc(C)c(-c2nnc3c4ccccc4ccn23)cc1C. The molecule has 3 heteroatoms. The fraction of sp³-hybridized carbons (Fsp3) is 0.158. The van der Waals surface area contributed by atoms with E-state index in [0.717, 1.165) is 22.4 Å². The van der Waals surface area contributed by atoms with Gasteiger partial charge in [0.05, 0.1) is 0 Å². The first-order chi connectivity index (χ1) is 10.6. The smallest absolute Gasteiger partial charge is 0.168 e. The minimum Gasteiger partial charge on any atom is -0.282 e. The van der Waals surface area contributed by atoms with Gasteiger partial charge in [0.2, 0.25) is 0 Å². The van der Waals surface area contributed by atoms with Crippen LogP contribution >= 0.6 is 0 Å². The monoisotopic (exact) mass is 287 g/mol. The van der Waals surface area contributed by atoms with Crippen LogP contribution in [0.3, 0.4) is 0 Å². The zero-order valence-corrected chi connectivity index (χ0v) is 13.0. The van der Waals surface area contributed by atoms with Crippen LogP contribution in [0.2, 0.25) is 0 Å². The van der Waals surface area contributed by atoms with Crippen molar-refractivity contribution in [3.63, 3.8) is 0 Å². The van der Waals surface area contributed by atoms with Crippen LogP contribution in [0.25, 0.3) is 27.8 Å². The normalized spacial score (nSPS) is 11.4. The summed E-state index contributed by atoms with van der Waals surface area (Å²) in [4.78, 5) is 0. The Bertz CT molecular complexity index is 1010. The van der Waals surface area contributed by atoms with Crippen molar-refractivity contribution in [1.82, 2.24) is 14.6 Å². The van der Waals surface area contributed by atoms with Crippen molar-refractivity contribution in [2.75, 3.05) is 0 Å². The summed E-state index contributed by atoms with van der Waals surface area (Å²) in [5.41, 5.74) is 5.86. The molecule has 0 fully saturated rings. The fourth-order valence-corrected chi connectivity index (χ4v) is 3.00. The number of aromatic nitrogens is 3. The van der Waals surface area contributed by atoms with Crippen molar-refractivity contribution < 1.29 is 0 Å². The summed E-state index contributed by atoms with van der Waals surface area (Å²) in [6.07, 6.45) is 2.06. The molecule has 0 atom stereocenters. The minimum absolute atomic E-state index is 0.904. The maximum atomic E-state index is 4.46. The van der Waals surface area contributed by atoms with Crippen LogP contribution in [0.15, 0.2) is 48.7 Å². The van der Waals surface area contributed by atoms with Crippen molar-refractivity contribution in [1.29, 1.82) is 0 Å². The number of hydrogen-bond donors (Lipinski definition) is 0. The van der Waals surface area contributed by atoms with E-state index in [1.54, 1.807) is 0 Å². The molecule has 0 unspecified atom stereocenters. The zero-order chi connectivity index (χ0) is 15.3. The highest BCUT2D eigenvalue weighted by Gasteiger charge is 2.13. The van der Waals surface area contributed by atoms with Crippen LogP contribution in [0.4, 0.5) is 0 Å². The van der Waals surface area contributed by atoms with E-state index in [1.807, 2.05) is 12.1 Å². The summed E-state index contributed by atoms with van der Waals surface area (Å²) >= 11 is 0. The number of nitrogens with zero attached hydrogens (tertiary/aromatic N) is 3.